The van der Waals surface area contributed by atoms with E-state index in [1.54, 1.807) is 13.2 Å². The van der Waals surface area contributed by atoms with Gasteiger partial charge in [0.15, 0.2) is 0 Å². The van der Waals surface area contributed by atoms with Crippen LogP contribution in [-0.2, 0) is 27.9 Å². The molecule has 3 aromatic carbocycles. The highest BCUT2D eigenvalue weighted by Crippen LogP contribution is 2.21. The molecule has 1 N–H and O–H groups in total. The van der Waals surface area contributed by atoms with Crippen LogP contribution in [-0.4, -0.2) is 32.3 Å². The summed E-state index contributed by atoms with van der Waals surface area (Å²) in [5.74, 6) is 0.233. The number of methoxy groups -OCH3 is 1. The van der Waals surface area contributed by atoms with Crippen LogP contribution in [0.15, 0.2) is 83.8 Å². The van der Waals surface area contributed by atoms with Crippen molar-refractivity contribution in [3.05, 3.63) is 95.0 Å². The molecule has 0 bridgehead atoms. The van der Waals surface area contributed by atoms with Crippen LogP contribution in [0.25, 0.3) is 0 Å². The van der Waals surface area contributed by atoms with Gasteiger partial charge in [0, 0.05) is 23.7 Å². The van der Waals surface area contributed by atoms with E-state index < -0.39 is 15.9 Å². The quantitative estimate of drug-likeness (QED) is 0.528. The van der Waals surface area contributed by atoms with Crippen molar-refractivity contribution in [1.29, 1.82) is 0 Å². The van der Waals surface area contributed by atoms with Gasteiger partial charge in [-0.1, -0.05) is 60.1 Å². The molecule has 3 aromatic rings. The molecule has 0 spiro atoms. The maximum Gasteiger partial charge on any atom is 0.243 e. The van der Waals surface area contributed by atoms with Crippen LogP contribution < -0.4 is 10.1 Å². The highest BCUT2D eigenvalue weighted by molar-refractivity contribution is 7.89. The second-order valence-corrected chi connectivity index (χ2v) is 9.18. The molecule has 0 aromatic heterocycles. The van der Waals surface area contributed by atoms with Crippen molar-refractivity contribution < 1.29 is 17.9 Å². The summed E-state index contributed by atoms with van der Waals surface area (Å²) < 4.78 is 32.9. The number of carbonyl (C=O) groups is 1. The average molecular weight is 459 g/mol. The van der Waals surface area contributed by atoms with Gasteiger partial charge >= 0.3 is 0 Å². The van der Waals surface area contributed by atoms with Gasteiger partial charge < -0.3 is 10.1 Å². The van der Waals surface area contributed by atoms with E-state index in [4.69, 9.17) is 16.3 Å². The number of rotatable bonds is 9. The number of nitrogens with one attached hydrogen (secondary N) is 1. The predicted molar refractivity (Wildman–Crippen MR) is 120 cm³/mol. The number of benzene rings is 3. The van der Waals surface area contributed by atoms with E-state index in [0.717, 1.165) is 15.4 Å². The first-order valence-corrected chi connectivity index (χ1v) is 11.4. The zero-order valence-electron chi connectivity index (χ0n) is 17.0. The summed E-state index contributed by atoms with van der Waals surface area (Å²) in [6, 6.07) is 22.3. The molecule has 1 amide bonds. The van der Waals surface area contributed by atoms with Crippen LogP contribution in [0.2, 0.25) is 5.02 Å². The molecule has 162 valence electrons. The van der Waals surface area contributed by atoms with Crippen molar-refractivity contribution in [2.24, 2.45) is 0 Å². The SMILES string of the molecule is COc1ccccc1CNC(=O)CN(Cc1ccccc1)S(=O)(=O)c1ccc(Cl)cc1. The smallest absolute Gasteiger partial charge is 0.243 e. The highest BCUT2D eigenvalue weighted by Gasteiger charge is 2.27. The van der Waals surface area contributed by atoms with Gasteiger partial charge in [0.05, 0.1) is 18.6 Å². The Morgan fingerprint density at radius 2 is 1.61 bits per heavy atom. The maximum absolute atomic E-state index is 13.2. The summed E-state index contributed by atoms with van der Waals surface area (Å²) in [6.07, 6.45) is 0. The van der Waals surface area contributed by atoms with Crippen LogP contribution in [0.4, 0.5) is 0 Å². The fraction of sp³-hybridized carbons (Fsp3) is 0.174. The minimum absolute atomic E-state index is 0.0634. The lowest BCUT2D eigenvalue weighted by atomic mass is 10.2. The Morgan fingerprint density at radius 3 is 2.29 bits per heavy atom. The van der Waals surface area contributed by atoms with Gasteiger partial charge in [-0.2, -0.15) is 4.31 Å². The predicted octanol–water partition coefficient (Wildman–Crippen LogP) is 3.86. The molecule has 0 aliphatic heterocycles. The number of sulfonamides is 1. The van der Waals surface area contributed by atoms with E-state index in [-0.39, 0.29) is 24.5 Å². The summed E-state index contributed by atoms with van der Waals surface area (Å²) in [5, 5.41) is 3.21. The largest absolute Gasteiger partial charge is 0.496 e. The summed E-state index contributed by atoms with van der Waals surface area (Å²) in [4.78, 5) is 12.7. The minimum Gasteiger partial charge on any atom is -0.496 e. The summed E-state index contributed by atoms with van der Waals surface area (Å²) >= 11 is 5.90. The fourth-order valence-electron chi connectivity index (χ4n) is 3.03. The van der Waals surface area contributed by atoms with Crippen molar-refractivity contribution in [1.82, 2.24) is 9.62 Å². The monoisotopic (exact) mass is 458 g/mol. The lowest BCUT2D eigenvalue weighted by molar-refractivity contribution is -0.121. The Labute approximate surface area is 187 Å². The topological polar surface area (TPSA) is 75.7 Å². The molecule has 31 heavy (non-hydrogen) atoms. The van der Waals surface area contributed by atoms with Crippen molar-refractivity contribution in [2.45, 2.75) is 18.0 Å². The highest BCUT2D eigenvalue weighted by atomic mass is 35.5. The number of para-hydroxylation sites is 1. The first-order valence-electron chi connectivity index (χ1n) is 9.58. The van der Waals surface area contributed by atoms with E-state index in [1.165, 1.54) is 24.3 Å². The van der Waals surface area contributed by atoms with Gasteiger partial charge in [-0.05, 0) is 35.9 Å². The third-order valence-electron chi connectivity index (χ3n) is 4.64. The second kappa shape index (κ2) is 10.4. The van der Waals surface area contributed by atoms with E-state index in [0.29, 0.717) is 10.8 Å². The normalized spacial score (nSPS) is 11.3. The molecule has 0 saturated heterocycles. The maximum atomic E-state index is 13.2. The summed E-state index contributed by atoms with van der Waals surface area (Å²) in [6.45, 7) is -0.0358. The van der Waals surface area contributed by atoms with Gasteiger partial charge in [-0.25, -0.2) is 8.42 Å². The Bertz CT molecular complexity index is 1120. The van der Waals surface area contributed by atoms with Crippen molar-refractivity contribution >= 4 is 27.5 Å². The average Bonchev–Trinajstić information content (AvgIpc) is 2.78. The van der Waals surface area contributed by atoms with Gasteiger partial charge in [0.2, 0.25) is 15.9 Å². The fourth-order valence-corrected chi connectivity index (χ4v) is 4.54. The molecular weight excluding hydrogens is 436 g/mol. The molecule has 0 saturated carbocycles. The molecule has 0 radical (unpaired) electrons. The Morgan fingerprint density at radius 1 is 0.968 bits per heavy atom. The molecule has 0 unspecified atom stereocenters. The lowest BCUT2D eigenvalue weighted by Gasteiger charge is -2.22. The first kappa shape index (κ1) is 22.8. The van der Waals surface area contributed by atoms with E-state index >= 15 is 0 Å². The zero-order valence-corrected chi connectivity index (χ0v) is 18.6. The third kappa shape index (κ3) is 6.07. The summed E-state index contributed by atoms with van der Waals surface area (Å²) in [7, 11) is -2.36. The molecule has 0 fully saturated rings. The minimum atomic E-state index is -3.92. The van der Waals surface area contributed by atoms with E-state index in [1.807, 2.05) is 48.5 Å². The molecule has 0 atom stereocenters. The van der Waals surface area contributed by atoms with E-state index in [9.17, 15) is 13.2 Å². The molecule has 0 aliphatic carbocycles. The van der Waals surface area contributed by atoms with Crippen LogP contribution in [0, 0.1) is 0 Å². The molecule has 3 rings (SSSR count). The zero-order chi connectivity index (χ0) is 22.3. The van der Waals surface area contributed by atoms with Crippen molar-refractivity contribution in [2.75, 3.05) is 13.7 Å². The molecule has 0 heterocycles. The van der Waals surface area contributed by atoms with Gasteiger partial charge in [0.25, 0.3) is 0 Å². The molecular formula is C23H23ClN2O4S. The lowest BCUT2D eigenvalue weighted by Crippen LogP contribution is -2.40. The number of halogens is 1. The molecule has 6 nitrogen and oxygen atoms in total. The number of nitrogens with zero attached hydrogens (tertiary/aromatic N) is 1. The molecule has 8 heteroatoms. The van der Waals surface area contributed by atoms with Gasteiger partial charge in [-0.15, -0.1) is 0 Å². The van der Waals surface area contributed by atoms with Gasteiger partial charge in [0.1, 0.15) is 5.75 Å². The molecule has 0 aliphatic rings. The van der Waals surface area contributed by atoms with Crippen molar-refractivity contribution in [3.63, 3.8) is 0 Å². The number of ether oxygens (including phenoxy) is 1. The Balaban J connectivity index is 1.79. The van der Waals surface area contributed by atoms with Gasteiger partial charge in [-0.3, -0.25) is 4.79 Å². The van der Waals surface area contributed by atoms with Crippen LogP contribution >= 0.6 is 11.6 Å². The Hall–Kier alpha value is -2.87. The van der Waals surface area contributed by atoms with Crippen LogP contribution in [0.1, 0.15) is 11.1 Å². The summed E-state index contributed by atoms with van der Waals surface area (Å²) in [5.41, 5.74) is 1.58. The van der Waals surface area contributed by atoms with Crippen molar-refractivity contribution in [3.8, 4) is 5.75 Å². The standard InChI is InChI=1S/C23H23ClN2O4S/c1-30-22-10-6-5-9-19(22)15-25-23(27)17-26(16-18-7-3-2-4-8-18)31(28,29)21-13-11-20(24)12-14-21/h2-14H,15-17H2,1H3,(H,25,27). The number of amides is 1. The number of hydrogen-bond acceptors (Lipinski definition) is 4. The number of hydrogen-bond donors (Lipinski definition) is 1. The number of carbonyl (C=O) groups excluding carboxylic acids is 1. The van der Waals surface area contributed by atoms with Crippen LogP contribution in [0.5, 0.6) is 5.75 Å². The van der Waals surface area contributed by atoms with E-state index in [2.05, 4.69) is 5.32 Å². The Kier molecular flexibility index (Phi) is 7.68. The first-order chi connectivity index (χ1) is 14.9. The third-order valence-corrected chi connectivity index (χ3v) is 6.70. The second-order valence-electron chi connectivity index (χ2n) is 6.80. The van der Waals surface area contributed by atoms with Crippen LogP contribution in [0.3, 0.4) is 0 Å².